The van der Waals surface area contributed by atoms with Crippen LogP contribution in [-0.4, -0.2) is 39.1 Å². The van der Waals surface area contributed by atoms with Crippen molar-refractivity contribution in [1.82, 2.24) is 20.2 Å². The first-order chi connectivity index (χ1) is 13.6. The lowest BCUT2D eigenvalue weighted by Crippen LogP contribution is -2.32. The Hall–Kier alpha value is -3.52. The second-order valence-electron chi connectivity index (χ2n) is 6.00. The number of nitrogens with one attached hydrogen (secondary N) is 1. The molecule has 0 saturated heterocycles. The van der Waals surface area contributed by atoms with Gasteiger partial charge in [-0.05, 0) is 40.3 Å². The fraction of sp³-hybridized carbons (Fsp3) is 0.105. The number of ether oxygens (including phenoxy) is 1. The van der Waals surface area contributed by atoms with E-state index in [4.69, 9.17) is 16.3 Å². The molecule has 140 valence electrons. The summed E-state index contributed by atoms with van der Waals surface area (Å²) in [6.07, 6.45) is 0. The van der Waals surface area contributed by atoms with E-state index in [1.54, 1.807) is 24.3 Å². The van der Waals surface area contributed by atoms with Gasteiger partial charge in [-0.15, -0.1) is 0 Å². The van der Waals surface area contributed by atoms with Crippen LogP contribution in [0.4, 0.5) is 5.95 Å². The summed E-state index contributed by atoms with van der Waals surface area (Å²) in [5, 5.41) is 14.9. The quantitative estimate of drug-likeness (QED) is 0.535. The van der Waals surface area contributed by atoms with Gasteiger partial charge in [-0.25, -0.2) is 4.79 Å². The van der Waals surface area contributed by atoms with Crippen molar-refractivity contribution < 1.29 is 14.3 Å². The zero-order valence-electron chi connectivity index (χ0n) is 14.7. The number of allylic oxidation sites excluding steroid dienone is 1. The number of benzene rings is 2. The van der Waals surface area contributed by atoms with Crippen LogP contribution in [0, 0.1) is 0 Å². The van der Waals surface area contributed by atoms with E-state index in [9.17, 15) is 9.59 Å². The van der Waals surface area contributed by atoms with Crippen molar-refractivity contribution in [2.45, 2.75) is 6.04 Å². The Morgan fingerprint density at radius 2 is 1.82 bits per heavy atom. The predicted molar refractivity (Wildman–Crippen MR) is 101 cm³/mol. The minimum absolute atomic E-state index is 0.00129. The summed E-state index contributed by atoms with van der Waals surface area (Å²) < 4.78 is 6.35. The molecule has 0 bridgehead atoms. The van der Waals surface area contributed by atoms with Gasteiger partial charge in [-0.3, -0.25) is 4.79 Å². The molecule has 1 aliphatic heterocycles. The van der Waals surface area contributed by atoms with Gasteiger partial charge in [0.05, 0.1) is 12.7 Å². The molecule has 1 unspecified atom stereocenters. The maximum absolute atomic E-state index is 13.4. The first kappa shape index (κ1) is 17.9. The second-order valence-corrected chi connectivity index (χ2v) is 6.44. The van der Waals surface area contributed by atoms with E-state index in [0.717, 1.165) is 5.56 Å². The van der Waals surface area contributed by atoms with Crippen LogP contribution in [0.25, 0.3) is 0 Å². The number of carbonyl (C=O) groups is 2. The molecule has 0 amide bonds. The first-order valence-electron chi connectivity index (χ1n) is 8.32. The van der Waals surface area contributed by atoms with E-state index in [2.05, 4.69) is 20.8 Å². The lowest BCUT2D eigenvalue weighted by molar-refractivity contribution is -0.136. The fourth-order valence-corrected chi connectivity index (χ4v) is 3.21. The molecule has 2 aromatic carbocycles. The molecule has 0 fully saturated rings. The van der Waals surface area contributed by atoms with Gasteiger partial charge in [0.1, 0.15) is 11.7 Å². The highest BCUT2D eigenvalue weighted by atomic mass is 35.5. The van der Waals surface area contributed by atoms with Gasteiger partial charge in [0.15, 0.2) is 5.78 Å². The standard InChI is InChI=1S/C19H14ClN5O3/c1-28-18(27)15-14(17(26)12-7-9-13(20)10-8-12)16(11-5-3-2-4-6-11)25-19(21-15)22-23-24-25/h2-10,16H,1H3,(H,21,22,24). The molecule has 4 rings (SSSR count). The molecular weight excluding hydrogens is 382 g/mol. The minimum Gasteiger partial charge on any atom is -0.464 e. The lowest BCUT2D eigenvalue weighted by Gasteiger charge is -2.28. The third-order valence-corrected chi connectivity index (χ3v) is 4.62. The summed E-state index contributed by atoms with van der Waals surface area (Å²) in [5.74, 6) is -0.811. The molecule has 0 radical (unpaired) electrons. The van der Waals surface area contributed by atoms with Gasteiger partial charge in [-0.2, -0.15) is 4.68 Å². The van der Waals surface area contributed by atoms with Gasteiger partial charge >= 0.3 is 5.97 Å². The largest absolute Gasteiger partial charge is 0.464 e. The van der Waals surface area contributed by atoms with E-state index in [0.29, 0.717) is 10.6 Å². The Kier molecular flexibility index (Phi) is 4.62. The van der Waals surface area contributed by atoms with Gasteiger partial charge in [-0.1, -0.05) is 47.0 Å². The van der Waals surface area contributed by atoms with E-state index in [1.165, 1.54) is 11.8 Å². The second kappa shape index (κ2) is 7.24. The highest BCUT2D eigenvalue weighted by Gasteiger charge is 2.38. The molecular formula is C19H14ClN5O3. The number of hydrogen-bond acceptors (Lipinski definition) is 7. The third-order valence-electron chi connectivity index (χ3n) is 4.37. The number of carbonyl (C=O) groups excluding carboxylic acids is 2. The van der Waals surface area contributed by atoms with Crippen LogP contribution < -0.4 is 5.32 Å². The molecule has 0 aliphatic carbocycles. The number of aromatic nitrogens is 4. The number of ketones is 1. The maximum atomic E-state index is 13.4. The van der Waals surface area contributed by atoms with Crippen LogP contribution in [0.1, 0.15) is 22.0 Å². The van der Waals surface area contributed by atoms with Crippen molar-refractivity contribution >= 4 is 29.3 Å². The van der Waals surface area contributed by atoms with Gasteiger partial charge in [0, 0.05) is 10.6 Å². The van der Waals surface area contributed by atoms with Crippen LogP contribution >= 0.6 is 11.6 Å². The first-order valence-corrected chi connectivity index (χ1v) is 8.70. The normalized spacial score (nSPS) is 15.6. The van der Waals surface area contributed by atoms with Gasteiger partial charge < -0.3 is 10.1 Å². The number of halogens is 1. The van der Waals surface area contributed by atoms with Crippen molar-refractivity contribution in [3.05, 3.63) is 82.0 Å². The molecule has 28 heavy (non-hydrogen) atoms. The fourth-order valence-electron chi connectivity index (χ4n) is 3.09. The Morgan fingerprint density at radius 3 is 2.50 bits per heavy atom. The number of nitrogens with zero attached hydrogens (tertiary/aromatic N) is 4. The molecule has 0 spiro atoms. The predicted octanol–water partition coefficient (Wildman–Crippen LogP) is 2.65. The number of esters is 1. The number of anilines is 1. The van der Waals surface area contributed by atoms with Gasteiger partial charge in [0.2, 0.25) is 5.95 Å². The van der Waals surface area contributed by atoms with Crippen molar-refractivity contribution in [2.75, 3.05) is 12.4 Å². The van der Waals surface area contributed by atoms with Crippen LogP contribution in [-0.2, 0) is 9.53 Å². The van der Waals surface area contributed by atoms with Crippen LogP contribution in [0.3, 0.4) is 0 Å². The van der Waals surface area contributed by atoms with E-state index in [1.807, 2.05) is 30.3 Å². The van der Waals surface area contributed by atoms with Gasteiger partial charge in [0.25, 0.3) is 0 Å². The topological polar surface area (TPSA) is 99.0 Å². The van der Waals surface area contributed by atoms with Crippen molar-refractivity contribution in [3.63, 3.8) is 0 Å². The third kappa shape index (κ3) is 3.03. The zero-order chi connectivity index (χ0) is 19.7. The number of hydrogen-bond donors (Lipinski definition) is 1. The van der Waals surface area contributed by atoms with Crippen LogP contribution in [0.5, 0.6) is 0 Å². The van der Waals surface area contributed by atoms with Crippen molar-refractivity contribution in [2.24, 2.45) is 0 Å². The monoisotopic (exact) mass is 395 g/mol. The summed E-state index contributed by atoms with van der Waals surface area (Å²) in [7, 11) is 1.25. The molecule has 1 aromatic heterocycles. The number of rotatable bonds is 4. The summed E-state index contributed by atoms with van der Waals surface area (Å²) in [6.45, 7) is 0. The van der Waals surface area contributed by atoms with Crippen molar-refractivity contribution in [3.8, 4) is 0 Å². The maximum Gasteiger partial charge on any atom is 0.355 e. The zero-order valence-corrected chi connectivity index (χ0v) is 15.4. The molecule has 1 N–H and O–H groups in total. The molecule has 1 aliphatic rings. The summed E-state index contributed by atoms with van der Waals surface area (Å²) in [5.41, 5.74) is 1.30. The number of tetrazole rings is 1. The number of Topliss-reactive ketones (excluding diaryl/α,β-unsaturated/α-hetero) is 1. The summed E-state index contributed by atoms with van der Waals surface area (Å²) in [6, 6.07) is 14.9. The SMILES string of the molecule is COC(=O)C1=C(C(=O)c2ccc(Cl)cc2)C(c2ccccc2)n2nnnc2N1. The summed E-state index contributed by atoms with van der Waals surface area (Å²) >= 11 is 5.94. The Morgan fingerprint density at radius 1 is 1.11 bits per heavy atom. The van der Waals surface area contributed by atoms with Crippen LogP contribution in [0.15, 0.2) is 65.9 Å². The average Bonchev–Trinajstić information content (AvgIpc) is 3.21. The average molecular weight is 396 g/mol. The van der Waals surface area contributed by atoms with Crippen LogP contribution in [0.2, 0.25) is 5.02 Å². The highest BCUT2D eigenvalue weighted by molar-refractivity contribution is 6.30. The lowest BCUT2D eigenvalue weighted by atomic mass is 9.89. The Balaban J connectivity index is 1.94. The van der Waals surface area contributed by atoms with E-state index < -0.39 is 12.0 Å². The summed E-state index contributed by atoms with van der Waals surface area (Å²) in [4.78, 5) is 25.9. The number of fused-ring (bicyclic) bond motifs is 1. The minimum atomic E-state index is -0.704. The van der Waals surface area contributed by atoms with E-state index in [-0.39, 0.29) is 23.0 Å². The van der Waals surface area contributed by atoms with E-state index >= 15 is 0 Å². The smallest absolute Gasteiger partial charge is 0.355 e. The highest BCUT2D eigenvalue weighted by Crippen LogP contribution is 2.36. The molecule has 9 heteroatoms. The van der Waals surface area contributed by atoms with Crippen molar-refractivity contribution in [1.29, 1.82) is 0 Å². The Labute approximate surface area is 164 Å². The molecule has 2 heterocycles. The molecule has 0 saturated carbocycles. The molecule has 3 aromatic rings. The number of methoxy groups -OCH3 is 1. The Bertz CT molecular complexity index is 1080. The molecule has 1 atom stereocenters. The molecule has 8 nitrogen and oxygen atoms in total.